The molecule has 0 aromatic heterocycles. The minimum atomic E-state index is 1.34. The first kappa shape index (κ1) is 12.3. The molecular weight excluding hydrogens is 262 g/mol. The van der Waals surface area contributed by atoms with Gasteiger partial charge in [-0.1, -0.05) is 75.9 Å². The van der Waals surface area contributed by atoms with E-state index in [9.17, 15) is 0 Å². The average molecular weight is 276 g/mol. The van der Waals surface area contributed by atoms with E-state index in [-0.39, 0.29) is 0 Å². The molecule has 0 spiro atoms. The molecule has 5 rings (SSSR count). The standard InChI is InChI=1S/C20H14B2/c1-11-7-8-15-16-10-9-14-13-5-3-4-6-17(13)21-19(14)20(16)22-18(15)12(11)2/h3-10H,1-2H3. The highest BCUT2D eigenvalue weighted by molar-refractivity contribution is 6.85. The summed E-state index contributed by atoms with van der Waals surface area (Å²) in [5.41, 5.74) is 13.8. The highest BCUT2D eigenvalue weighted by atomic mass is 14.2. The molecule has 3 aromatic carbocycles. The second-order valence-electron chi connectivity index (χ2n) is 6.33. The largest absolute Gasteiger partial charge is 0.192 e. The number of benzene rings is 3. The summed E-state index contributed by atoms with van der Waals surface area (Å²) in [6.07, 6.45) is 0. The Kier molecular flexibility index (Phi) is 2.34. The Hall–Kier alpha value is -2.21. The van der Waals surface area contributed by atoms with Gasteiger partial charge in [0.2, 0.25) is 0 Å². The third-order valence-electron chi connectivity index (χ3n) is 5.20. The highest BCUT2D eigenvalue weighted by Gasteiger charge is 2.29. The molecule has 22 heavy (non-hydrogen) atoms. The minimum absolute atomic E-state index is 1.34. The smallest absolute Gasteiger partial charge is 0.0788 e. The van der Waals surface area contributed by atoms with E-state index < -0.39 is 0 Å². The molecular formula is C20H14B2. The molecule has 0 N–H and O–H groups in total. The van der Waals surface area contributed by atoms with Gasteiger partial charge < -0.3 is 0 Å². The van der Waals surface area contributed by atoms with E-state index in [4.69, 9.17) is 0 Å². The SMILES string of the molecule is Cc1ccc2c(c1C)[B]c1c-2ccc2c1[B]c1ccccc1-2. The first-order valence-electron chi connectivity index (χ1n) is 7.80. The van der Waals surface area contributed by atoms with Crippen LogP contribution < -0.4 is 21.9 Å². The zero-order valence-electron chi connectivity index (χ0n) is 12.8. The van der Waals surface area contributed by atoms with Crippen LogP contribution in [0.3, 0.4) is 0 Å². The predicted octanol–water partition coefficient (Wildman–Crippen LogP) is 1.57. The number of aryl methyl sites for hydroxylation is 1. The fourth-order valence-corrected chi connectivity index (χ4v) is 3.84. The van der Waals surface area contributed by atoms with Crippen LogP contribution in [-0.4, -0.2) is 14.6 Å². The van der Waals surface area contributed by atoms with E-state index >= 15 is 0 Å². The molecule has 0 nitrogen and oxygen atoms in total. The molecule has 0 fully saturated rings. The number of rotatable bonds is 0. The Labute approximate surface area is 132 Å². The van der Waals surface area contributed by atoms with Crippen molar-refractivity contribution in [3.8, 4) is 22.3 Å². The quantitative estimate of drug-likeness (QED) is 0.377. The van der Waals surface area contributed by atoms with Crippen molar-refractivity contribution >= 4 is 36.4 Å². The van der Waals surface area contributed by atoms with Gasteiger partial charge in [0.15, 0.2) is 14.6 Å². The van der Waals surface area contributed by atoms with Gasteiger partial charge in [-0.25, -0.2) is 0 Å². The van der Waals surface area contributed by atoms with Crippen molar-refractivity contribution in [3.63, 3.8) is 0 Å². The molecule has 0 bridgehead atoms. The van der Waals surface area contributed by atoms with Gasteiger partial charge in [-0.05, 0) is 41.7 Å². The normalized spacial score (nSPS) is 12.8. The van der Waals surface area contributed by atoms with Crippen LogP contribution in [0.1, 0.15) is 11.1 Å². The first-order chi connectivity index (χ1) is 10.7. The van der Waals surface area contributed by atoms with Crippen LogP contribution in [0.4, 0.5) is 0 Å². The number of fused-ring (bicyclic) bond motifs is 7. The molecule has 3 aromatic rings. The predicted molar refractivity (Wildman–Crippen MR) is 96.8 cm³/mol. The van der Waals surface area contributed by atoms with Gasteiger partial charge in [0.1, 0.15) is 0 Å². The lowest BCUT2D eigenvalue weighted by Crippen LogP contribution is -2.39. The minimum Gasteiger partial charge on any atom is -0.0788 e. The zero-order valence-corrected chi connectivity index (χ0v) is 12.8. The summed E-state index contributed by atoms with van der Waals surface area (Å²) in [5.74, 6) is 0. The summed E-state index contributed by atoms with van der Waals surface area (Å²) in [6, 6.07) is 17.8. The lowest BCUT2D eigenvalue weighted by molar-refractivity contribution is 1.37. The van der Waals surface area contributed by atoms with Crippen LogP contribution in [0.5, 0.6) is 0 Å². The zero-order chi connectivity index (χ0) is 14.8. The van der Waals surface area contributed by atoms with Gasteiger partial charge in [0.05, 0.1) is 0 Å². The molecule has 2 aliphatic rings. The van der Waals surface area contributed by atoms with Crippen LogP contribution in [0.2, 0.25) is 0 Å². The molecule has 0 atom stereocenters. The Bertz CT molecular complexity index is 954. The maximum Gasteiger partial charge on any atom is 0.192 e. The summed E-state index contributed by atoms with van der Waals surface area (Å²) in [6.45, 7) is 4.42. The van der Waals surface area contributed by atoms with Crippen molar-refractivity contribution in [3.05, 3.63) is 59.7 Å². The van der Waals surface area contributed by atoms with Crippen molar-refractivity contribution in [1.29, 1.82) is 0 Å². The van der Waals surface area contributed by atoms with Gasteiger partial charge in [-0.3, -0.25) is 0 Å². The van der Waals surface area contributed by atoms with Crippen LogP contribution in [0, 0.1) is 13.8 Å². The number of hydrogen-bond acceptors (Lipinski definition) is 0. The Morgan fingerprint density at radius 1 is 0.591 bits per heavy atom. The number of hydrogen-bond donors (Lipinski definition) is 0. The van der Waals surface area contributed by atoms with E-state index in [1.807, 2.05) is 0 Å². The highest BCUT2D eigenvalue weighted by Crippen LogP contribution is 2.27. The van der Waals surface area contributed by atoms with Crippen LogP contribution in [0.15, 0.2) is 48.5 Å². The fourth-order valence-electron chi connectivity index (χ4n) is 3.84. The molecule has 2 radical (unpaired) electrons. The summed E-state index contributed by atoms with van der Waals surface area (Å²) >= 11 is 0. The molecule has 0 amide bonds. The molecule has 2 heteroatoms. The maximum absolute atomic E-state index is 2.38. The monoisotopic (exact) mass is 276 g/mol. The second kappa shape index (κ2) is 4.16. The summed E-state index contributed by atoms with van der Waals surface area (Å²) in [5, 5.41) is 0. The molecule has 2 aliphatic heterocycles. The van der Waals surface area contributed by atoms with E-state index in [1.54, 1.807) is 0 Å². The van der Waals surface area contributed by atoms with Gasteiger partial charge in [0.25, 0.3) is 0 Å². The Morgan fingerprint density at radius 3 is 2.09 bits per heavy atom. The third kappa shape index (κ3) is 1.45. The maximum atomic E-state index is 2.38. The Morgan fingerprint density at radius 2 is 1.23 bits per heavy atom. The van der Waals surface area contributed by atoms with Crippen LogP contribution in [0.25, 0.3) is 22.3 Å². The molecule has 100 valence electrons. The molecule has 0 saturated carbocycles. The summed E-state index contributed by atoms with van der Waals surface area (Å²) in [4.78, 5) is 0. The lowest BCUT2D eigenvalue weighted by atomic mass is 9.56. The van der Waals surface area contributed by atoms with Crippen LogP contribution in [-0.2, 0) is 0 Å². The molecule has 2 heterocycles. The van der Waals surface area contributed by atoms with Gasteiger partial charge in [-0.2, -0.15) is 0 Å². The van der Waals surface area contributed by atoms with Crippen molar-refractivity contribution in [2.24, 2.45) is 0 Å². The topological polar surface area (TPSA) is 0 Å². The summed E-state index contributed by atoms with van der Waals surface area (Å²) < 4.78 is 0. The average Bonchev–Trinajstić information content (AvgIpc) is 3.09. The van der Waals surface area contributed by atoms with E-state index in [2.05, 4.69) is 76.9 Å². The van der Waals surface area contributed by atoms with Crippen molar-refractivity contribution < 1.29 is 0 Å². The van der Waals surface area contributed by atoms with E-state index in [0.29, 0.717) is 0 Å². The fraction of sp³-hybridized carbons (Fsp3) is 0.100. The lowest BCUT2D eigenvalue weighted by Gasteiger charge is -2.09. The molecule has 0 unspecified atom stereocenters. The second-order valence-corrected chi connectivity index (χ2v) is 6.33. The Balaban J connectivity index is 1.76. The summed E-state index contributed by atoms with van der Waals surface area (Å²) in [7, 11) is 4.72. The van der Waals surface area contributed by atoms with Crippen molar-refractivity contribution in [2.45, 2.75) is 13.8 Å². The third-order valence-corrected chi connectivity index (χ3v) is 5.20. The van der Waals surface area contributed by atoms with Gasteiger partial charge in [-0.15, -0.1) is 0 Å². The van der Waals surface area contributed by atoms with Crippen molar-refractivity contribution in [2.75, 3.05) is 0 Å². The van der Waals surface area contributed by atoms with Gasteiger partial charge >= 0.3 is 0 Å². The molecule has 0 aliphatic carbocycles. The van der Waals surface area contributed by atoms with E-state index in [1.165, 1.54) is 55.2 Å². The van der Waals surface area contributed by atoms with Crippen LogP contribution >= 0.6 is 0 Å². The first-order valence-corrected chi connectivity index (χ1v) is 7.80. The van der Waals surface area contributed by atoms with Gasteiger partial charge in [0, 0.05) is 0 Å². The van der Waals surface area contributed by atoms with E-state index in [0.717, 1.165) is 0 Å². The molecule has 0 saturated heterocycles. The van der Waals surface area contributed by atoms with Crippen molar-refractivity contribution in [1.82, 2.24) is 0 Å².